The average molecular weight is 299 g/mol. The first-order valence-electron chi connectivity index (χ1n) is 6.60. The smallest absolute Gasteiger partial charge is 0.253 e. The van der Waals surface area contributed by atoms with Gasteiger partial charge in [0.1, 0.15) is 0 Å². The van der Waals surface area contributed by atoms with Gasteiger partial charge >= 0.3 is 0 Å². The molecule has 0 bridgehead atoms. The van der Waals surface area contributed by atoms with Crippen LogP contribution in [0.1, 0.15) is 31.2 Å². The highest BCUT2D eigenvalue weighted by Crippen LogP contribution is 2.16. The summed E-state index contributed by atoms with van der Waals surface area (Å²) in [6.07, 6.45) is 1.95. The van der Waals surface area contributed by atoms with Crippen LogP contribution >= 0.6 is 11.3 Å². The van der Waals surface area contributed by atoms with Crippen molar-refractivity contribution in [3.63, 3.8) is 0 Å². The van der Waals surface area contributed by atoms with Crippen LogP contribution in [0.5, 0.6) is 0 Å². The van der Waals surface area contributed by atoms with E-state index in [9.17, 15) is 4.79 Å². The number of nitrogens with zero attached hydrogens (tertiary/aromatic N) is 3. The second-order valence-corrected chi connectivity index (χ2v) is 7.03. The lowest BCUT2D eigenvalue weighted by atomic mass is 9.96. The molecule has 0 aliphatic rings. The third-order valence-corrected chi connectivity index (χ3v) is 3.78. The van der Waals surface area contributed by atoms with Gasteiger partial charge in [-0.05, 0) is 31.2 Å². The Morgan fingerprint density at radius 3 is 2.43 bits per heavy atom. The number of amides is 1. The number of aryl methyl sites for hydroxylation is 1. The van der Waals surface area contributed by atoms with Crippen LogP contribution < -0.4 is 4.80 Å². The Morgan fingerprint density at radius 2 is 1.90 bits per heavy atom. The molecule has 0 spiro atoms. The monoisotopic (exact) mass is 299 g/mol. The normalized spacial score (nSPS) is 12.2. The topological polar surface area (TPSA) is 58.1 Å². The highest BCUT2D eigenvalue weighted by atomic mass is 32.1. The maximum absolute atomic E-state index is 12.1. The van der Waals surface area contributed by atoms with E-state index in [1.165, 1.54) is 11.3 Å². The SMILES string of the molecule is Cc1cn(-c2ccc(C#N)cc2)c(=NC(=O)C(C)(C)C)s1. The third kappa shape index (κ3) is 3.47. The Kier molecular flexibility index (Phi) is 4.10. The van der Waals surface area contributed by atoms with E-state index in [2.05, 4.69) is 11.1 Å². The first kappa shape index (κ1) is 15.2. The van der Waals surface area contributed by atoms with Crippen LogP contribution in [0.4, 0.5) is 0 Å². The largest absolute Gasteiger partial charge is 0.292 e. The molecule has 0 atom stereocenters. The van der Waals surface area contributed by atoms with Gasteiger partial charge in [0.05, 0.1) is 11.6 Å². The van der Waals surface area contributed by atoms with Crippen molar-refractivity contribution in [2.24, 2.45) is 10.4 Å². The van der Waals surface area contributed by atoms with Crippen LogP contribution in [0.25, 0.3) is 5.69 Å². The highest BCUT2D eigenvalue weighted by Gasteiger charge is 2.20. The van der Waals surface area contributed by atoms with Crippen molar-refractivity contribution in [1.82, 2.24) is 4.57 Å². The first-order valence-corrected chi connectivity index (χ1v) is 7.42. The van der Waals surface area contributed by atoms with Gasteiger partial charge in [0, 0.05) is 22.2 Å². The summed E-state index contributed by atoms with van der Waals surface area (Å²) in [5.74, 6) is -0.147. The highest BCUT2D eigenvalue weighted by molar-refractivity contribution is 7.09. The van der Waals surface area contributed by atoms with E-state index in [0.717, 1.165) is 10.6 Å². The fraction of sp³-hybridized carbons (Fsp3) is 0.312. The van der Waals surface area contributed by atoms with E-state index in [0.29, 0.717) is 10.4 Å². The Hall–Kier alpha value is -2.19. The lowest BCUT2D eigenvalue weighted by molar-refractivity contribution is -0.125. The van der Waals surface area contributed by atoms with Gasteiger partial charge in [0.15, 0.2) is 4.80 Å². The number of aromatic nitrogens is 1. The maximum atomic E-state index is 12.1. The molecule has 1 aromatic carbocycles. The Morgan fingerprint density at radius 1 is 1.29 bits per heavy atom. The quantitative estimate of drug-likeness (QED) is 0.812. The summed E-state index contributed by atoms with van der Waals surface area (Å²) >= 11 is 1.47. The molecule has 0 radical (unpaired) electrons. The Labute approximate surface area is 128 Å². The lowest BCUT2D eigenvalue weighted by Crippen LogP contribution is -2.22. The molecule has 21 heavy (non-hydrogen) atoms. The van der Waals surface area contributed by atoms with Crippen molar-refractivity contribution < 1.29 is 4.79 Å². The molecule has 0 N–H and O–H groups in total. The van der Waals surface area contributed by atoms with E-state index in [1.54, 1.807) is 12.1 Å². The molecule has 1 aromatic heterocycles. The van der Waals surface area contributed by atoms with Crippen LogP contribution in [0, 0.1) is 23.7 Å². The van der Waals surface area contributed by atoms with E-state index < -0.39 is 5.41 Å². The molecule has 1 heterocycles. The fourth-order valence-corrected chi connectivity index (χ4v) is 2.50. The van der Waals surface area contributed by atoms with Crippen molar-refractivity contribution in [2.45, 2.75) is 27.7 Å². The molecular weight excluding hydrogens is 282 g/mol. The summed E-state index contributed by atoms with van der Waals surface area (Å²) in [4.78, 5) is 18.1. The maximum Gasteiger partial charge on any atom is 0.253 e. The molecule has 0 aliphatic carbocycles. The molecule has 0 fully saturated rings. The van der Waals surface area contributed by atoms with Gasteiger partial charge in [0.2, 0.25) is 0 Å². The first-order chi connectivity index (χ1) is 9.81. The van der Waals surface area contributed by atoms with E-state index in [1.807, 2.05) is 50.6 Å². The van der Waals surface area contributed by atoms with Gasteiger partial charge in [-0.2, -0.15) is 10.3 Å². The van der Waals surface area contributed by atoms with E-state index in [4.69, 9.17) is 5.26 Å². The van der Waals surface area contributed by atoms with Gasteiger partial charge in [0.25, 0.3) is 5.91 Å². The van der Waals surface area contributed by atoms with Gasteiger partial charge in [-0.1, -0.05) is 20.8 Å². The number of benzene rings is 1. The van der Waals surface area contributed by atoms with Crippen LogP contribution in [-0.2, 0) is 4.79 Å². The number of hydrogen-bond acceptors (Lipinski definition) is 3. The number of thiazole rings is 1. The zero-order chi connectivity index (χ0) is 15.6. The summed E-state index contributed by atoms with van der Waals surface area (Å²) in [6.45, 7) is 7.54. The van der Waals surface area contributed by atoms with E-state index >= 15 is 0 Å². The minimum absolute atomic E-state index is 0.147. The van der Waals surface area contributed by atoms with Crippen LogP contribution in [0.3, 0.4) is 0 Å². The summed E-state index contributed by atoms with van der Waals surface area (Å²) in [5, 5.41) is 8.85. The predicted molar refractivity (Wildman–Crippen MR) is 83.1 cm³/mol. The molecule has 0 unspecified atom stereocenters. The number of carbonyl (C=O) groups excluding carboxylic acids is 1. The molecular formula is C16H17N3OS. The van der Waals surface area contributed by atoms with Crippen molar-refractivity contribution in [3.05, 3.63) is 45.7 Å². The zero-order valence-corrected chi connectivity index (χ0v) is 13.4. The molecule has 2 rings (SSSR count). The molecule has 1 amide bonds. The minimum Gasteiger partial charge on any atom is -0.292 e. The predicted octanol–water partition coefficient (Wildman–Crippen LogP) is 3.19. The second-order valence-electron chi connectivity index (χ2n) is 5.82. The summed E-state index contributed by atoms with van der Waals surface area (Å²) < 4.78 is 1.88. The number of hydrogen-bond donors (Lipinski definition) is 0. The molecule has 4 nitrogen and oxygen atoms in total. The molecule has 5 heteroatoms. The molecule has 2 aromatic rings. The van der Waals surface area contributed by atoms with Crippen molar-refractivity contribution >= 4 is 17.2 Å². The molecule has 0 saturated carbocycles. The van der Waals surface area contributed by atoms with Crippen molar-refractivity contribution in [3.8, 4) is 11.8 Å². The van der Waals surface area contributed by atoms with Gasteiger partial charge in [-0.3, -0.25) is 9.36 Å². The van der Waals surface area contributed by atoms with Crippen LogP contribution in [-0.4, -0.2) is 10.5 Å². The number of rotatable bonds is 1. The van der Waals surface area contributed by atoms with Crippen LogP contribution in [0.15, 0.2) is 35.5 Å². The third-order valence-electron chi connectivity index (χ3n) is 2.88. The number of nitriles is 1. The summed E-state index contributed by atoms with van der Waals surface area (Å²) in [6, 6.07) is 9.31. The molecule has 108 valence electrons. The standard InChI is InChI=1S/C16H17N3OS/c1-11-10-19(13-7-5-12(9-17)6-8-13)15(21-11)18-14(20)16(2,3)4/h5-8,10H,1-4H3. The van der Waals surface area contributed by atoms with Crippen molar-refractivity contribution in [2.75, 3.05) is 0 Å². The van der Waals surface area contributed by atoms with E-state index in [-0.39, 0.29) is 5.91 Å². The Bertz CT molecular complexity index is 768. The van der Waals surface area contributed by atoms with Crippen molar-refractivity contribution in [1.29, 1.82) is 5.26 Å². The summed E-state index contributed by atoms with van der Waals surface area (Å²) in [7, 11) is 0. The van der Waals surface area contributed by atoms with Crippen LogP contribution in [0.2, 0.25) is 0 Å². The average Bonchev–Trinajstić information content (AvgIpc) is 2.78. The summed E-state index contributed by atoms with van der Waals surface area (Å²) in [5.41, 5.74) is 0.995. The Balaban J connectivity index is 2.53. The molecule has 0 saturated heterocycles. The van der Waals surface area contributed by atoms with Gasteiger partial charge in [-0.15, -0.1) is 11.3 Å². The number of carbonyl (C=O) groups is 1. The second kappa shape index (κ2) is 5.66. The minimum atomic E-state index is -0.500. The fourth-order valence-electron chi connectivity index (χ4n) is 1.67. The van der Waals surface area contributed by atoms with Gasteiger partial charge in [-0.25, -0.2) is 0 Å². The zero-order valence-electron chi connectivity index (χ0n) is 12.5. The lowest BCUT2D eigenvalue weighted by Gasteiger charge is -2.11. The van der Waals surface area contributed by atoms with Gasteiger partial charge < -0.3 is 0 Å². The molecule has 0 aliphatic heterocycles.